The summed E-state index contributed by atoms with van der Waals surface area (Å²) < 4.78 is 0. The van der Waals surface area contributed by atoms with Crippen molar-refractivity contribution in [1.29, 1.82) is 0 Å². The molecule has 0 aliphatic carbocycles. The minimum absolute atomic E-state index is 0.0241. The summed E-state index contributed by atoms with van der Waals surface area (Å²) in [5.41, 5.74) is 1.64. The average Bonchev–Trinajstić information content (AvgIpc) is 2.98. The molecular weight excluding hydrogens is 410 g/mol. The number of hydrogen-bond donors (Lipinski definition) is 1. The van der Waals surface area contributed by atoms with Crippen molar-refractivity contribution < 1.29 is 14.4 Å². The Balaban J connectivity index is 1.41. The van der Waals surface area contributed by atoms with Crippen molar-refractivity contribution >= 4 is 35.2 Å². The summed E-state index contributed by atoms with van der Waals surface area (Å²) in [5, 5.41) is 2.89. The first-order valence-electron chi connectivity index (χ1n) is 10.6. The standard InChI is InChI=1S/C24H27N3O3S/c1-24(2,18-6-4-3-5-7-18)23(30)27-13-11-26(12-14-27)22(29)17-8-9-20-19(16-17)25-21(28)10-15-31-20/h3-9,16H,10-15H2,1-2H3,(H,25,28). The lowest BCUT2D eigenvalue weighted by Gasteiger charge is -2.39. The first-order valence-corrected chi connectivity index (χ1v) is 11.6. The second-order valence-electron chi connectivity index (χ2n) is 8.43. The van der Waals surface area contributed by atoms with Crippen LogP contribution in [0, 0.1) is 0 Å². The molecule has 1 N–H and O–H groups in total. The quantitative estimate of drug-likeness (QED) is 0.799. The molecule has 3 amide bonds. The van der Waals surface area contributed by atoms with Gasteiger partial charge in [-0.3, -0.25) is 14.4 Å². The highest BCUT2D eigenvalue weighted by Gasteiger charge is 2.35. The Kier molecular flexibility index (Phi) is 6.05. The van der Waals surface area contributed by atoms with Gasteiger partial charge in [-0.2, -0.15) is 0 Å². The molecule has 2 aromatic rings. The number of fused-ring (bicyclic) bond motifs is 1. The molecular formula is C24H27N3O3S. The van der Waals surface area contributed by atoms with E-state index in [0.29, 0.717) is 43.9 Å². The number of carbonyl (C=O) groups is 3. The molecule has 0 radical (unpaired) electrons. The van der Waals surface area contributed by atoms with Gasteiger partial charge in [0, 0.05) is 48.8 Å². The summed E-state index contributed by atoms with van der Waals surface area (Å²) in [6.45, 7) is 5.91. The number of nitrogens with zero attached hydrogens (tertiary/aromatic N) is 2. The fourth-order valence-electron chi connectivity index (χ4n) is 4.02. The van der Waals surface area contributed by atoms with Crippen LogP contribution in [0.1, 0.15) is 36.2 Å². The van der Waals surface area contributed by atoms with Crippen LogP contribution < -0.4 is 5.32 Å². The summed E-state index contributed by atoms with van der Waals surface area (Å²) in [4.78, 5) is 42.7. The zero-order valence-corrected chi connectivity index (χ0v) is 18.7. The van der Waals surface area contributed by atoms with Crippen LogP contribution in [-0.2, 0) is 15.0 Å². The van der Waals surface area contributed by atoms with Crippen LogP contribution in [-0.4, -0.2) is 59.5 Å². The molecule has 0 atom stereocenters. The number of amides is 3. The van der Waals surface area contributed by atoms with Gasteiger partial charge >= 0.3 is 0 Å². The van der Waals surface area contributed by atoms with E-state index in [1.807, 2.05) is 61.2 Å². The Morgan fingerprint density at radius 1 is 0.968 bits per heavy atom. The van der Waals surface area contributed by atoms with Gasteiger partial charge in [0.15, 0.2) is 0 Å². The Hall–Kier alpha value is -2.80. The van der Waals surface area contributed by atoms with Crippen molar-refractivity contribution in [2.45, 2.75) is 30.6 Å². The highest BCUT2D eigenvalue weighted by atomic mass is 32.2. The Bertz CT molecular complexity index is 998. The molecule has 7 heteroatoms. The third-order valence-electron chi connectivity index (χ3n) is 5.97. The average molecular weight is 438 g/mol. The van der Waals surface area contributed by atoms with Crippen molar-refractivity contribution in [3.8, 4) is 0 Å². The normalized spacial score (nSPS) is 16.9. The molecule has 31 heavy (non-hydrogen) atoms. The van der Waals surface area contributed by atoms with E-state index < -0.39 is 5.41 Å². The number of piperazine rings is 1. The molecule has 4 rings (SSSR count). The van der Waals surface area contributed by atoms with Gasteiger partial charge in [0.25, 0.3) is 5.91 Å². The number of nitrogens with one attached hydrogen (secondary N) is 1. The second kappa shape index (κ2) is 8.75. The van der Waals surface area contributed by atoms with E-state index in [4.69, 9.17) is 0 Å². The summed E-state index contributed by atoms with van der Waals surface area (Å²) in [7, 11) is 0. The highest BCUT2D eigenvalue weighted by Crippen LogP contribution is 2.32. The second-order valence-corrected chi connectivity index (χ2v) is 9.57. The van der Waals surface area contributed by atoms with Gasteiger partial charge in [-0.25, -0.2) is 0 Å². The largest absolute Gasteiger partial charge is 0.338 e. The SMILES string of the molecule is CC(C)(C(=O)N1CCN(C(=O)c2ccc3c(c2)NC(=O)CCS3)CC1)c1ccccc1. The minimum atomic E-state index is -0.611. The smallest absolute Gasteiger partial charge is 0.254 e. The molecule has 6 nitrogen and oxygen atoms in total. The highest BCUT2D eigenvalue weighted by molar-refractivity contribution is 7.99. The van der Waals surface area contributed by atoms with Gasteiger partial charge in [-0.15, -0.1) is 11.8 Å². The maximum Gasteiger partial charge on any atom is 0.254 e. The summed E-state index contributed by atoms with van der Waals surface area (Å²) in [5.74, 6) is 0.724. The van der Waals surface area contributed by atoms with Crippen molar-refractivity contribution in [2.24, 2.45) is 0 Å². The molecule has 0 unspecified atom stereocenters. The zero-order chi connectivity index (χ0) is 22.0. The molecule has 2 aromatic carbocycles. The Morgan fingerprint density at radius 3 is 2.35 bits per heavy atom. The van der Waals surface area contributed by atoms with Crippen LogP contribution >= 0.6 is 11.8 Å². The molecule has 0 saturated carbocycles. The lowest BCUT2D eigenvalue weighted by atomic mass is 9.83. The van der Waals surface area contributed by atoms with Crippen LogP contribution in [0.15, 0.2) is 53.4 Å². The predicted octanol–water partition coefficient (Wildman–Crippen LogP) is 3.38. The Labute approximate surface area is 187 Å². The van der Waals surface area contributed by atoms with Crippen molar-refractivity contribution in [3.63, 3.8) is 0 Å². The van der Waals surface area contributed by atoms with Crippen molar-refractivity contribution in [2.75, 3.05) is 37.2 Å². The minimum Gasteiger partial charge on any atom is -0.338 e. The number of anilines is 1. The molecule has 1 fully saturated rings. The van der Waals surface area contributed by atoms with E-state index >= 15 is 0 Å². The van der Waals surface area contributed by atoms with Crippen LogP contribution in [0.5, 0.6) is 0 Å². The van der Waals surface area contributed by atoms with Crippen LogP contribution in [0.25, 0.3) is 0 Å². The third kappa shape index (κ3) is 4.46. The van der Waals surface area contributed by atoms with Crippen LogP contribution in [0.4, 0.5) is 5.69 Å². The number of rotatable bonds is 3. The van der Waals surface area contributed by atoms with E-state index in [1.165, 1.54) is 0 Å². The molecule has 0 aromatic heterocycles. The molecule has 0 bridgehead atoms. The van der Waals surface area contributed by atoms with E-state index in [9.17, 15) is 14.4 Å². The lowest BCUT2D eigenvalue weighted by Crippen LogP contribution is -2.54. The maximum absolute atomic E-state index is 13.2. The summed E-state index contributed by atoms with van der Waals surface area (Å²) in [6, 6.07) is 15.3. The topological polar surface area (TPSA) is 69.7 Å². The molecule has 2 heterocycles. The van der Waals surface area contributed by atoms with Gasteiger partial charge in [0.1, 0.15) is 0 Å². The molecule has 2 aliphatic heterocycles. The molecule has 2 aliphatic rings. The van der Waals surface area contributed by atoms with E-state index in [2.05, 4.69) is 5.32 Å². The van der Waals surface area contributed by atoms with Gasteiger partial charge in [-0.1, -0.05) is 30.3 Å². The number of hydrogen-bond acceptors (Lipinski definition) is 4. The molecule has 1 saturated heterocycles. The lowest BCUT2D eigenvalue weighted by molar-refractivity contribution is -0.137. The monoisotopic (exact) mass is 437 g/mol. The number of carbonyl (C=O) groups excluding carboxylic acids is 3. The predicted molar refractivity (Wildman–Crippen MR) is 122 cm³/mol. The molecule has 162 valence electrons. The Morgan fingerprint density at radius 2 is 1.65 bits per heavy atom. The fraction of sp³-hybridized carbons (Fsp3) is 0.375. The van der Waals surface area contributed by atoms with Crippen molar-refractivity contribution in [3.05, 3.63) is 59.7 Å². The first kappa shape index (κ1) is 21.4. The van der Waals surface area contributed by atoms with Gasteiger partial charge in [-0.05, 0) is 37.6 Å². The summed E-state index contributed by atoms with van der Waals surface area (Å²) in [6.07, 6.45) is 0.470. The van der Waals surface area contributed by atoms with E-state index in [1.54, 1.807) is 22.7 Å². The van der Waals surface area contributed by atoms with Gasteiger partial charge in [0.05, 0.1) is 11.1 Å². The third-order valence-corrected chi connectivity index (χ3v) is 7.05. The number of benzene rings is 2. The van der Waals surface area contributed by atoms with Crippen LogP contribution in [0.3, 0.4) is 0 Å². The first-order chi connectivity index (χ1) is 14.9. The van der Waals surface area contributed by atoms with Crippen LogP contribution in [0.2, 0.25) is 0 Å². The maximum atomic E-state index is 13.2. The van der Waals surface area contributed by atoms with E-state index in [0.717, 1.165) is 16.2 Å². The van der Waals surface area contributed by atoms with Gasteiger partial charge < -0.3 is 15.1 Å². The van der Waals surface area contributed by atoms with Crippen molar-refractivity contribution in [1.82, 2.24) is 9.80 Å². The zero-order valence-electron chi connectivity index (χ0n) is 17.9. The van der Waals surface area contributed by atoms with Gasteiger partial charge in [0.2, 0.25) is 11.8 Å². The number of thioether (sulfide) groups is 1. The molecule has 0 spiro atoms. The fourth-order valence-corrected chi connectivity index (χ4v) is 4.96. The summed E-state index contributed by atoms with van der Waals surface area (Å²) >= 11 is 1.62. The van der Waals surface area contributed by atoms with E-state index in [-0.39, 0.29) is 17.7 Å².